The molecule has 0 bridgehead atoms. The number of carbonyl (C=O) groups excluding carboxylic acids is 1. The number of hydrogen-bond donors (Lipinski definition) is 1. The third-order valence-corrected chi connectivity index (χ3v) is 3.45. The Morgan fingerprint density at radius 3 is 2.79 bits per heavy atom. The maximum Gasteiger partial charge on any atom is 0.257 e. The van der Waals surface area contributed by atoms with Gasteiger partial charge in [0.2, 0.25) is 0 Å². The van der Waals surface area contributed by atoms with E-state index in [1.54, 1.807) is 18.1 Å². The van der Waals surface area contributed by atoms with Crippen LogP contribution in [0.1, 0.15) is 27.8 Å². The summed E-state index contributed by atoms with van der Waals surface area (Å²) in [4.78, 5) is 18.5. The summed E-state index contributed by atoms with van der Waals surface area (Å²) < 4.78 is 0. The Balaban J connectivity index is 2.07. The van der Waals surface area contributed by atoms with Crippen molar-refractivity contribution in [2.75, 3.05) is 12.4 Å². The first-order valence-electron chi connectivity index (χ1n) is 6.22. The minimum Gasteiger partial charge on any atom is -0.359 e. The molecule has 2 heterocycles. The molecule has 19 heavy (non-hydrogen) atoms. The van der Waals surface area contributed by atoms with E-state index in [0.717, 1.165) is 22.5 Å². The van der Waals surface area contributed by atoms with Gasteiger partial charge in [-0.05, 0) is 30.7 Å². The van der Waals surface area contributed by atoms with Crippen molar-refractivity contribution < 1.29 is 4.79 Å². The molecule has 1 aliphatic heterocycles. The van der Waals surface area contributed by atoms with Crippen LogP contribution in [-0.2, 0) is 0 Å². The molecule has 1 amide bonds. The van der Waals surface area contributed by atoms with Gasteiger partial charge in [-0.1, -0.05) is 18.2 Å². The molecule has 3 rings (SSSR count). The molecule has 0 saturated carbocycles. The molecule has 1 N–H and O–H groups in total. The van der Waals surface area contributed by atoms with Gasteiger partial charge in [-0.3, -0.25) is 9.78 Å². The number of anilines is 1. The summed E-state index contributed by atoms with van der Waals surface area (Å²) in [5.74, 6) is 0.0301. The minimum absolute atomic E-state index is 0.0301. The number of pyridine rings is 1. The lowest BCUT2D eigenvalue weighted by Gasteiger charge is -2.35. The van der Waals surface area contributed by atoms with Gasteiger partial charge < -0.3 is 10.2 Å². The number of nitrogens with one attached hydrogen (secondary N) is 1. The second-order valence-corrected chi connectivity index (χ2v) is 4.72. The Morgan fingerprint density at radius 1 is 1.21 bits per heavy atom. The lowest BCUT2D eigenvalue weighted by molar-refractivity contribution is 0.0732. The van der Waals surface area contributed by atoms with Crippen LogP contribution in [-0.4, -0.2) is 22.8 Å². The zero-order valence-electron chi connectivity index (χ0n) is 10.9. The van der Waals surface area contributed by atoms with E-state index in [9.17, 15) is 4.79 Å². The third-order valence-electron chi connectivity index (χ3n) is 3.45. The molecule has 0 aliphatic carbocycles. The minimum atomic E-state index is -0.219. The molecular formula is C15H15N3O. The summed E-state index contributed by atoms with van der Waals surface area (Å²) >= 11 is 0. The van der Waals surface area contributed by atoms with E-state index in [1.165, 1.54) is 0 Å². The number of amides is 1. The average molecular weight is 253 g/mol. The summed E-state index contributed by atoms with van der Waals surface area (Å²) in [7, 11) is 1.80. The summed E-state index contributed by atoms with van der Waals surface area (Å²) in [5, 5.41) is 3.38. The van der Waals surface area contributed by atoms with Crippen molar-refractivity contribution in [3.05, 3.63) is 59.4 Å². The van der Waals surface area contributed by atoms with Gasteiger partial charge in [-0.25, -0.2) is 0 Å². The van der Waals surface area contributed by atoms with Crippen LogP contribution in [0.15, 0.2) is 42.6 Å². The van der Waals surface area contributed by atoms with E-state index in [0.29, 0.717) is 0 Å². The smallest absolute Gasteiger partial charge is 0.257 e. The van der Waals surface area contributed by atoms with Crippen molar-refractivity contribution in [3.63, 3.8) is 0 Å². The van der Waals surface area contributed by atoms with Crippen LogP contribution in [0.25, 0.3) is 0 Å². The summed E-state index contributed by atoms with van der Waals surface area (Å²) in [6.07, 6.45) is 1.52. The van der Waals surface area contributed by atoms with Gasteiger partial charge in [-0.2, -0.15) is 0 Å². The van der Waals surface area contributed by atoms with Gasteiger partial charge in [0.05, 0.1) is 11.3 Å². The fraction of sp³-hybridized carbons (Fsp3) is 0.200. The lowest BCUT2D eigenvalue weighted by Crippen LogP contribution is -2.41. The molecule has 0 saturated heterocycles. The van der Waals surface area contributed by atoms with Gasteiger partial charge in [0, 0.05) is 18.9 Å². The quantitative estimate of drug-likeness (QED) is 0.849. The first kappa shape index (κ1) is 11.7. The van der Waals surface area contributed by atoms with Crippen molar-refractivity contribution in [2.45, 2.75) is 13.1 Å². The van der Waals surface area contributed by atoms with Crippen LogP contribution < -0.4 is 5.32 Å². The molecule has 1 aliphatic rings. The van der Waals surface area contributed by atoms with Gasteiger partial charge in [0.25, 0.3) is 5.91 Å². The van der Waals surface area contributed by atoms with Crippen molar-refractivity contribution in [3.8, 4) is 0 Å². The van der Waals surface area contributed by atoms with Crippen LogP contribution in [0.5, 0.6) is 0 Å². The molecule has 2 aromatic rings. The maximum atomic E-state index is 12.5. The lowest BCUT2D eigenvalue weighted by atomic mass is 10.0. The average Bonchev–Trinajstić information content (AvgIpc) is 2.43. The molecule has 0 fully saturated rings. The Hall–Kier alpha value is -2.36. The first-order valence-corrected chi connectivity index (χ1v) is 6.22. The second kappa shape index (κ2) is 4.39. The number of benzene rings is 1. The Morgan fingerprint density at radius 2 is 2.05 bits per heavy atom. The van der Waals surface area contributed by atoms with Crippen LogP contribution in [0, 0.1) is 6.92 Å². The number of aromatic nitrogens is 1. The molecule has 1 aromatic carbocycles. The standard InChI is InChI=1S/C15H15N3O/c1-10-6-5-8-11-13(10)15(19)18(2)14(17-11)12-7-3-4-9-16-12/h3-9,14,17H,1-2H3. The van der Waals surface area contributed by atoms with Gasteiger partial charge in [0.15, 0.2) is 0 Å². The monoisotopic (exact) mass is 253 g/mol. The van der Waals surface area contributed by atoms with Crippen molar-refractivity contribution in [1.29, 1.82) is 0 Å². The largest absolute Gasteiger partial charge is 0.359 e. The predicted octanol–water partition coefficient (Wildman–Crippen LogP) is 2.59. The van der Waals surface area contributed by atoms with E-state index in [2.05, 4.69) is 10.3 Å². The molecule has 4 heteroatoms. The fourth-order valence-corrected chi connectivity index (χ4v) is 2.42. The van der Waals surface area contributed by atoms with Crippen LogP contribution in [0.2, 0.25) is 0 Å². The molecule has 1 aromatic heterocycles. The predicted molar refractivity (Wildman–Crippen MR) is 73.9 cm³/mol. The Bertz CT molecular complexity index is 625. The zero-order chi connectivity index (χ0) is 13.4. The van der Waals surface area contributed by atoms with E-state index in [4.69, 9.17) is 0 Å². The van der Waals surface area contributed by atoms with Crippen LogP contribution >= 0.6 is 0 Å². The number of fused-ring (bicyclic) bond motifs is 1. The van der Waals surface area contributed by atoms with Crippen LogP contribution in [0.4, 0.5) is 5.69 Å². The van der Waals surface area contributed by atoms with E-state index in [-0.39, 0.29) is 12.1 Å². The highest BCUT2D eigenvalue weighted by Crippen LogP contribution is 2.32. The molecule has 1 unspecified atom stereocenters. The molecule has 96 valence electrons. The van der Waals surface area contributed by atoms with E-state index < -0.39 is 0 Å². The normalized spacial score (nSPS) is 17.9. The molecule has 4 nitrogen and oxygen atoms in total. The van der Waals surface area contributed by atoms with Crippen LogP contribution in [0.3, 0.4) is 0 Å². The second-order valence-electron chi connectivity index (χ2n) is 4.72. The Kier molecular flexibility index (Phi) is 2.71. The molecule has 0 radical (unpaired) electrons. The van der Waals surface area contributed by atoms with Crippen molar-refractivity contribution in [1.82, 2.24) is 9.88 Å². The highest BCUT2D eigenvalue weighted by molar-refractivity contribution is 6.02. The molecule has 1 atom stereocenters. The number of hydrogen-bond acceptors (Lipinski definition) is 3. The first-order chi connectivity index (χ1) is 9.18. The van der Waals surface area contributed by atoms with Gasteiger partial charge in [0.1, 0.15) is 6.17 Å². The number of aryl methyl sites for hydroxylation is 1. The number of nitrogens with zero attached hydrogens (tertiary/aromatic N) is 2. The molecule has 0 spiro atoms. The summed E-state index contributed by atoms with van der Waals surface area (Å²) in [5.41, 5.74) is 3.45. The fourth-order valence-electron chi connectivity index (χ4n) is 2.42. The third kappa shape index (κ3) is 1.85. The van der Waals surface area contributed by atoms with Gasteiger partial charge >= 0.3 is 0 Å². The van der Waals surface area contributed by atoms with Crippen molar-refractivity contribution >= 4 is 11.6 Å². The zero-order valence-corrected chi connectivity index (χ0v) is 10.9. The highest BCUT2D eigenvalue weighted by atomic mass is 16.2. The topological polar surface area (TPSA) is 45.2 Å². The highest BCUT2D eigenvalue weighted by Gasteiger charge is 2.31. The van der Waals surface area contributed by atoms with E-state index >= 15 is 0 Å². The summed E-state index contributed by atoms with van der Waals surface area (Å²) in [6, 6.07) is 11.5. The summed E-state index contributed by atoms with van der Waals surface area (Å²) in [6.45, 7) is 1.95. The SMILES string of the molecule is Cc1cccc2c1C(=O)N(C)C(c1ccccn1)N2. The number of rotatable bonds is 1. The van der Waals surface area contributed by atoms with Gasteiger partial charge in [-0.15, -0.1) is 0 Å². The van der Waals surface area contributed by atoms with E-state index in [1.807, 2.05) is 43.3 Å². The van der Waals surface area contributed by atoms with Crippen molar-refractivity contribution in [2.24, 2.45) is 0 Å². The number of carbonyl (C=O) groups is 1. The Labute approximate surface area is 112 Å². The maximum absolute atomic E-state index is 12.5. The molecular weight excluding hydrogens is 238 g/mol.